The fourth-order valence-corrected chi connectivity index (χ4v) is 2.79. The van der Waals surface area contributed by atoms with E-state index in [1.54, 1.807) is 20.8 Å². The van der Waals surface area contributed by atoms with Gasteiger partial charge in [0.15, 0.2) is 5.78 Å². The lowest BCUT2D eigenvalue weighted by molar-refractivity contribution is -0.180. The first kappa shape index (κ1) is 20.1. The van der Waals surface area contributed by atoms with E-state index in [0.717, 1.165) is 6.20 Å². The van der Waals surface area contributed by atoms with Crippen LogP contribution in [0.2, 0.25) is 0 Å². The molecule has 0 radical (unpaired) electrons. The zero-order valence-electron chi connectivity index (χ0n) is 14.9. The van der Waals surface area contributed by atoms with Gasteiger partial charge < -0.3 is 20.1 Å². The van der Waals surface area contributed by atoms with Gasteiger partial charge in [-0.05, 0) is 6.92 Å². The number of aromatic nitrogens is 2. The van der Waals surface area contributed by atoms with E-state index in [9.17, 15) is 29.7 Å². The molecule has 4 N–H and O–H groups in total. The van der Waals surface area contributed by atoms with Crippen molar-refractivity contribution in [1.29, 1.82) is 0 Å². The van der Waals surface area contributed by atoms with Gasteiger partial charge in [-0.2, -0.15) is 0 Å². The lowest BCUT2D eigenvalue weighted by atomic mass is 9.83. The lowest BCUT2D eigenvalue weighted by Gasteiger charge is -2.35. The van der Waals surface area contributed by atoms with Gasteiger partial charge in [-0.15, -0.1) is 5.92 Å². The minimum atomic E-state index is -2.47. The molecule has 1 aliphatic heterocycles. The molecule has 0 saturated carbocycles. The number of carbonyl (C=O) groups is 1. The van der Waals surface area contributed by atoms with Gasteiger partial charge in [-0.3, -0.25) is 19.1 Å². The molecule has 1 fully saturated rings. The van der Waals surface area contributed by atoms with Crippen LogP contribution >= 0.6 is 0 Å². The Labute approximate surface area is 149 Å². The summed E-state index contributed by atoms with van der Waals surface area (Å²) in [5, 5.41) is 31.7. The zero-order chi connectivity index (χ0) is 19.9. The Bertz CT molecular complexity index is 883. The Kier molecular flexibility index (Phi) is 5.26. The molecule has 0 bridgehead atoms. The van der Waals surface area contributed by atoms with Crippen LogP contribution in [-0.2, 0) is 15.3 Å². The van der Waals surface area contributed by atoms with E-state index in [-0.39, 0.29) is 5.56 Å². The molecule has 2 heterocycles. The van der Waals surface area contributed by atoms with Gasteiger partial charge in [0.1, 0.15) is 23.9 Å². The van der Waals surface area contributed by atoms with Crippen molar-refractivity contribution in [2.45, 2.75) is 51.7 Å². The Morgan fingerprint density at radius 1 is 1.46 bits per heavy atom. The SMILES string of the molecule is CC#Cc1cn([C@@]2(O)[C@H](O)CO[C@@H]2C(O)C(=O)C(C)(C)C)c(=O)[nH]c1=O. The second-order valence-electron chi connectivity index (χ2n) is 7.16. The van der Waals surface area contributed by atoms with Crippen molar-refractivity contribution in [2.75, 3.05) is 6.61 Å². The van der Waals surface area contributed by atoms with E-state index in [0.29, 0.717) is 4.57 Å². The van der Waals surface area contributed by atoms with Crippen molar-refractivity contribution in [2.24, 2.45) is 5.41 Å². The predicted molar refractivity (Wildman–Crippen MR) is 90.3 cm³/mol. The fourth-order valence-electron chi connectivity index (χ4n) is 2.79. The van der Waals surface area contributed by atoms with E-state index >= 15 is 0 Å². The number of H-pyrrole nitrogens is 1. The van der Waals surface area contributed by atoms with Gasteiger partial charge in [0.2, 0.25) is 5.72 Å². The first-order chi connectivity index (χ1) is 11.9. The number of carbonyl (C=O) groups excluding carboxylic acids is 1. The molecule has 0 spiro atoms. The fraction of sp³-hybridized carbons (Fsp3) is 0.588. The van der Waals surface area contributed by atoms with E-state index in [1.807, 2.05) is 4.98 Å². The molecule has 9 nitrogen and oxygen atoms in total. The molecule has 1 aromatic rings. The third kappa shape index (κ3) is 3.24. The number of Topliss-reactive ketones (excluding diaryl/α,β-unsaturated/α-hetero) is 1. The maximum atomic E-state index is 12.4. The monoisotopic (exact) mass is 366 g/mol. The minimum absolute atomic E-state index is 0.130. The number of nitrogens with one attached hydrogen (secondary N) is 1. The molecule has 1 unspecified atom stereocenters. The summed E-state index contributed by atoms with van der Waals surface area (Å²) in [6.07, 6.45) is -4.08. The smallest absolute Gasteiger partial charge is 0.330 e. The minimum Gasteiger partial charge on any atom is -0.386 e. The van der Waals surface area contributed by atoms with Crippen LogP contribution in [0.25, 0.3) is 0 Å². The molecular formula is C17H22N2O7. The lowest BCUT2D eigenvalue weighted by Crippen LogP contribution is -2.60. The summed E-state index contributed by atoms with van der Waals surface area (Å²) >= 11 is 0. The topological polar surface area (TPSA) is 142 Å². The molecule has 0 aliphatic carbocycles. The summed E-state index contributed by atoms with van der Waals surface area (Å²) in [4.78, 5) is 38.4. The van der Waals surface area contributed by atoms with Gasteiger partial charge in [-0.1, -0.05) is 26.7 Å². The summed E-state index contributed by atoms with van der Waals surface area (Å²) in [5.41, 5.74) is -5.35. The highest BCUT2D eigenvalue weighted by molar-refractivity contribution is 5.88. The summed E-state index contributed by atoms with van der Waals surface area (Å²) in [6.45, 7) is 5.78. The van der Waals surface area contributed by atoms with Crippen LogP contribution in [0.5, 0.6) is 0 Å². The largest absolute Gasteiger partial charge is 0.386 e. The summed E-state index contributed by atoms with van der Waals surface area (Å²) in [7, 11) is 0. The number of hydrogen-bond acceptors (Lipinski definition) is 7. The average Bonchev–Trinajstić information content (AvgIpc) is 2.84. The molecule has 1 aliphatic rings. The van der Waals surface area contributed by atoms with Crippen LogP contribution < -0.4 is 11.2 Å². The van der Waals surface area contributed by atoms with Crippen molar-refractivity contribution >= 4 is 5.78 Å². The highest BCUT2D eigenvalue weighted by atomic mass is 16.6. The number of nitrogens with zero attached hydrogens (tertiary/aromatic N) is 1. The van der Waals surface area contributed by atoms with Crippen LogP contribution in [0.1, 0.15) is 33.3 Å². The summed E-state index contributed by atoms with van der Waals surface area (Å²) in [5.74, 6) is 4.33. The van der Waals surface area contributed by atoms with Gasteiger partial charge in [0.25, 0.3) is 5.56 Å². The van der Waals surface area contributed by atoms with Crippen molar-refractivity contribution in [3.8, 4) is 11.8 Å². The zero-order valence-corrected chi connectivity index (χ0v) is 14.9. The average molecular weight is 366 g/mol. The summed E-state index contributed by atoms with van der Waals surface area (Å²) < 4.78 is 5.87. The molecule has 4 atom stereocenters. The van der Waals surface area contributed by atoms with Crippen molar-refractivity contribution in [3.63, 3.8) is 0 Å². The van der Waals surface area contributed by atoms with Crippen LogP contribution in [0.15, 0.2) is 15.8 Å². The number of ketones is 1. The first-order valence-corrected chi connectivity index (χ1v) is 7.98. The van der Waals surface area contributed by atoms with Gasteiger partial charge in [-0.25, -0.2) is 4.79 Å². The van der Waals surface area contributed by atoms with E-state index in [1.165, 1.54) is 6.92 Å². The van der Waals surface area contributed by atoms with E-state index < -0.39 is 53.1 Å². The molecule has 9 heteroatoms. The number of rotatable bonds is 3. The molecule has 142 valence electrons. The third-order valence-corrected chi connectivity index (χ3v) is 4.23. The number of aliphatic hydroxyl groups is 3. The molecule has 2 rings (SSSR count). The number of aliphatic hydroxyl groups excluding tert-OH is 2. The van der Waals surface area contributed by atoms with Crippen molar-refractivity contribution in [3.05, 3.63) is 32.6 Å². The Balaban J connectivity index is 2.62. The number of ether oxygens (including phenoxy) is 1. The highest BCUT2D eigenvalue weighted by Crippen LogP contribution is 2.34. The Morgan fingerprint density at radius 2 is 2.08 bits per heavy atom. The second kappa shape index (κ2) is 6.81. The Hall–Kier alpha value is -2.25. The van der Waals surface area contributed by atoms with Gasteiger partial charge in [0, 0.05) is 11.6 Å². The van der Waals surface area contributed by atoms with Crippen molar-refractivity contribution in [1.82, 2.24) is 9.55 Å². The third-order valence-electron chi connectivity index (χ3n) is 4.23. The number of hydrogen-bond donors (Lipinski definition) is 4. The maximum Gasteiger partial charge on any atom is 0.330 e. The van der Waals surface area contributed by atoms with Gasteiger partial charge >= 0.3 is 5.69 Å². The molecule has 1 saturated heterocycles. The van der Waals surface area contributed by atoms with E-state index in [2.05, 4.69) is 11.8 Å². The summed E-state index contributed by atoms with van der Waals surface area (Å²) in [6, 6.07) is 0. The molecular weight excluding hydrogens is 344 g/mol. The van der Waals surface area contributed by atoms with Crippen LogP contribution in [0.4, 0.5) is 0 Å². The van der Waals surface area contributed by atoms with Crippen molar-refractivity contribution < 1.29 is 24.9 Å². The Morgan fingerprint density at radius 3 is 2.62 bits per heavy atom. The van der Waals surface area contributed by atoms with E-state index in [4.69, 9.17) is 4.74 Å². The standard InChI is InChI=1S/C17H22N2O7/c1-5-6-9-7-19(15(24)18-14(9)23)17(25)10(20)8-26-13(17)11(21)12(22)16(2,3)4/h7,10-11,13,20-21,25H,8H2,1-4H3,(H,18,23,24)/t10-,11?,13-,17-/m1/s1. The van der Waals surface area contributed by atoms with Crippen LogP contribution in [0, 0.1) is 17.3 Å². The number of aromatic amines is 1. The van der Waals surface area contributed by atoms with Crippen LogP contribution in [-0.4, -0.2) is 55.6 Å². The maximum absolute atomic E-state index is 12.4. The second-order valence-corrected chi connectivity index (χ2v) is 7.16. The molecule has 26 heavy (non-hydrogen) atoms. The predicted octanol–water partition coefficient (Wildman–Crippen LogP) is -1.71. The molecule has 1 aromatic heterocycles. The normalized spacial score (nSPS) is 26.9. The highest BCUT2D eigenvalue weighted by Gasteiger charge is 2.57. The van der Waals surface area contributed by atoms with Gasteiger partial charge in [0.05, 0.1) is 6.61 Å². The molecule has 0 aromatic carbocycles. The van der Waals surface area contributed by atoms with Crippen LogP contribution in [0.3, 0.4) is 0 Å². The first-order valence-electron chi connectivity index (χ1n) is 7.98. The quantitative estimate of drug-likeness (QED) is 0.467. The molecule has 0 amide bonds.